The average Bonchev–Trinajstić information content (AvgIpc) is 2.52. The molecule has 1 rings (SSSR count). The summed E-state index contributed by atoms with van der Waals surface area (Å²) in [6.45, 7) is 5.03. The summed E-state index contributed by atoms with van der Waals surface area (Å²) >= 11 is 0. The maximum absolute atomic E-state index is 11.9. The van der Waals surface area contributed by atoms with Crippen LogP contribution in [0.1, 0.15) is 36.2 Å². The van der Waals surface area contributed by atoms with Gasteiger partial charge < -0.3 is 14.8 Å². The third-order valence-electron chi connectivity index (χ3n) is 3.22. The van der Waals surface area contributed by atoms with E-state index in [4.69, 9.17) is 9.47 Å². The van der Waals surface area contributed by atoms with Crippen LogP contribution in [0.15, 0.2) is 18.2 Å². The van der Waals surface area contributed by atoms with Gasteiger partial charge in [0.1, 0.15) is 5.75 Å². The van der Waals surface area contributed by atoms with E-state index in [-0.39, 0.29) is 11.6 Å². The van der Waals surface area contributed by atoms with Crippen molar-refractivity contribution in [3.8, 4) is 5.75 Å². The standard InChI is InChI=1S/C16H22N2O5/c1-5-11(3)17-16(21)18-14(19)9-23-15(20)12-7-6-10(2)13(8-12)22-4/h6-8,11H,5,9H2,1-4H3,(H2,17,18,19,21)/t11-/m1/s1. The van der Waals surface area contributed by atoms with Crippen molar-refractivity contribution in [2.45, 2.75) is 33.2 Å². The minimum Gasteiger partial charge on any atom is -0.496 e. The number of rotatable bonds is 6. The van der Waals surface area contributed by atoms with Crippen molar-refractivity contribution in [2.24, 2.45) is 0 Å². The number of urea groups is 1. The molecule has 0 bridgehead atoms. The van der Waals surface area contributed by atoms with Gasteiger partial charge in [-0.1, -0.05) is 13.0 Å². The van der Waals surface area contributed by atoms with E-state index in [2.05, 4.69) is 10.6 Å². The van der Waals surface area contributed by atoms with Gasteiger partial charge in [0.2, 0.25) is 0 Å². The highest BCUT2D eigenvalue weighted by molar-refractivity contribution is 5.97. The summed E-state index contributed by atoms with van der Waals surface area (Å²) in [6.07, 6.45) is 0.742. The van der Waals surface area contributed by atoms with Crippen LogP contribution in [-0.4, -0.2) is 37.7 Å². The molecule has 23 heavy (non-hydrogen) atoms. The maximum atomic E-state index is 11.9. The van der Waals surface area contributed by atoms with Gasteiger partial charge >= 0.3 is 12.0 Å². The molecule has 0 saturated carbocycles. The quantitative estimate of drug-likeness (QED) is 0.779. The van der Waals surface area contributed by atoms with E-state index in [1.807, 2.05) is 20.8 Å². The van der Waals surface area contributed by atoms with Gasteiger partial charge in [0.05, 0.1) is 12.7 Å². The lowest BCUT2D eigenvalue weighted by atomic mass is 10.1. The number of esters is 1. The van der Waals surface area contributed by atoms with Gasteiger partial charge in [-0.2, -0.15) is 0 Å². The first-order valence-corrected chi connectivity index (χ1v) is 7.29. The number of aryl methyl sites for hydroxylation is 1. The van der Waals surface area contributed by atoms with Crippen LogP contribution >= 0.6 is 0 Å². The summed E-state index contributed by atoms with van der Waals surface area (Å²) in [6, 6.07) is 4.16. The Hall–Kier alpha value is -2.57. The van der Waals surface area contributed by atoms with Crippen LogP contribution in [0.25, 0.3) is 0 Å². The highest BCUT2D eigenvalue weighted by Gasteiger charge is 2.14. The highest BCUT2D eigenvalue weighted by Crippen LogP contribution is 2.19. The number of amides is 3. The Morgan fingerprint density at radius 3 is 2.57 bits per heavy atom. The van der Waals surface area contributed by atoms with Crippen LogP contribution in [-0.2, 0) is 9.53 Å². The smallest absolute Gasteiger partial charge is 0.338 e. The molecule has 0 fully saturated rings. The molecule has 0 radical (unpaired) electrons. The largest absolute Gasteiger partial charge is 0.496 e. The Morgan fingerprint density at radius 1 is 1.26 bits per heavy atom. The van der Waals surface area contributed by atoms with E-state index < -0.39 is 24.5 Å². The molecule has 7 heteroatoms. The van der Waals surface area contributed by atoms with Crippen molar-refractivity contribution >= 4 is 17.9 Å². The number of hydrogen-bond donors (Lipinski definition) is 2. The molecule has 2 N–H and O–H groups in total. The Bertz CT molecular complexity index is 586. The van der Waals surface area contributed by atoms with Gasteiger partial charge in [0.25, 0.3) is 5.91 Å². The fraction of sp³-hybridized carbons (Fsp3) is 0.438. The van der Waals surface area contributed by atoms with Crippen molar-refractivity contribution in [3.05, 3.63) is 29.3 Å². The number of benzene rings is 1. The average molecular weight is 322 g/mol. The number of carbonyl (C=O) groups excluding carboxylic acids is 3. The van der Waals surface area contributed by atoms with Gasteiger partial charge in [-0.15, -0.1) is 0 Å². The molecule has 126 valence electrons. The van der Waals surface area contributed by atoms with Crippen LogP contribution in [0.4, 0.5) is 4.79 Å². The van der Waals surface area contributed by atoms with E-state index in [1.165, 1.54) is 13.2 Å². The minimum atomic E-state index is -0.696. The second-order valence-electron chi connectivity index (χ2n) is 5.09. The second-order valence-corrected chi connectivity index (χ2v) is 5.09. The fourth-order valence-corrected chi connectivity index (χ4v) is 1.69. The molecule has 1 aromatic rings. The van der Waals surface area contributed by atoms with Crippen LogP contribution < -0.4 is 15.4 Å². The Morgan fingerprint density at radius 2 is 1.96 bits per heavy atom. The number of methoxy groups -OCH3 is 1. The molecular formula is C16H22N2O5. The molecule has 1 aromatic carbocycles. The number of ether oxygens (including phenoxy) is 2. The third kappa shape index (κ3) is 5.98. The zero-order chi connectivity index (χ0) is 17.4. The molecule has 0 aliphatic rings. The van der Waals surface area contributed by atoms with Gasteiger partial charge in [0.15, 0.2) is 6.61 Å². The predicted molar refractivity (Wildman–Crippen MR) is 84.4 cm³/mol. The van der Waals surface area contributed by atoms with Gasteiger partial charge in [0, 0.05) is 6.04 Å². The molecule has 0 spiro atoms. The van der Waals surface area contributed by atoms with Crippen LogP contribution in [0.3, 0.4) is 0 Å². The molecule has 0 aromatic heterocycles. The number of carbonyl (C=O) groups is 3. The van der Waals surface area contributed by atoms with Crippen LogP contribution in [0.5, 0.6) is 5.75 Å². The summed E-state index contributed by atoms with van der Waals surface area (Å²) < 4.78 is 10.00. The first kappa shape index (κ1) is 18.5. The predicted octanol–water partition coefficient (Wildman–Crippen LogP) is 1.78. The summed E-state index contributed by atoms with van der Waals surface area (Å²) in [5.41, 5.74) is 1.15. The minimum absolute atomic E-state index is 0.0506. The Balaban J connectivity index is 2.49. The molecule has 3 amide bonds. The molecular weight excluding hydrogens is 300 g/mol. The normalized spacial score (nSPS) is 11.3. The molecule has 7 nitrogen and oxygen atoms in total. The molecule has 0 saturated heterocycles. The van der Waals surface area contributed by atoms with Gasteiger partial charge in [-0.25, -0.2) is 9.59 Å². The van der Waals surface area contributed by atoms with Crippen molar-refractivity contribution in [3.63, 3.8) is 0 Å². The summed E-state index contributed by atoms with van der Waals surface area (Å²) in [5.74, 6) is -0.809. The number of imide groups is 1. The highest BCUT2D eigenvalue weighted by atomic mass is 16.5. The lowest BCUT2D eigenvalue weighted by molar-refractivity contribution is -0.123. The maximum Gasteiger partial charge on any atom is 0.338 e. The zero-order valence-corrected chi connectivity index (χ0v) is 13.8. The Labute approximate surface area is 135 Å². The lowest BCUT2D eigenvalue weighted by Crippen LogP contribution is -2.44. The summed E-state index contributed by atoms with van der Waals surface area (Å²) in [7, 11) is 1.50. The van der Waals surface area contributed by atoms with E-state index in [1.54, 1.807) is 12.1 Å². The monoisotopic (exact) mass is 322 g/mol. The topological polar surface area (TPSA) is 93.7 Å². The van der Waals surface area contributed by atoms with E-state index in [9.17, 15) is 14.4 Å². The molecule has 1 atom stereocenters. The molecule has 0 unspecified atom stereocenters. The fourth-order valence-electron chi connectivity index (χ4n) is 1.69. The number of nitrogens with one attached hydrogen (secondary N) is 2. The van der Waals surface area contributed by atoms with Crippen molar-refractivity contribution in [1.82, 2.24) is 10.6 Å². The van der Waals surface area contributed by atoms with Crippen molar-refractivity contribution < 1.29 is 23.9 Å². The molecule has 0 aliphatic heterocycles. The van der Waals surface area contributed by atoms with Crippen LogP contribution in [0, 0.1) is 6.92 Å². The lowest BCUT2D eigenvalue weighted by Gasteiger charge is -2.12. The molecule has 0 aliphatic carbocycles. The number of hydrogen-bond acceptors (Lipinski definition) is 5. The van der Waals surface area contributed by atoms with E-state index in [0.29, 0.717) is 5.75 Å². The molecule has 0 heterocycles. The third-order valence-corrected chi connectivity index (χ3v) is 3.22. The summed E-state index contributed by atoms with van der Waals surface area (Å²) in [5, 5.41) is 4.67. The summed E-state index contributed by atoms with van der Waals surface area (Å²) in [4.78, 5) is 34.9. The Kier molecular flexibility index (Phi) is 7.05. The van der Waals surface area contributed by atoms with Crippen LogP contribution in [0.2, 0.25) is 0 Å². The SMILES string of the molecule is CC[C@@H](C)NC(=O)NC(=O)COC(=O)c1ccc(C)c(OC)c1. The second kappa shape index (κ2) is 8.77. The van der Waals surface area contributed by atoms with Crippen molar-refractivity contribution in [2.75, 3.05) is 13.7 Å². The first-order chi connectivity index (χ1) is 10.9. The van der Waals surface area contributed by atoms with E-state index in [0.717, 1.165) is 12.0 Å². The van der Waals surface area contributed by atoms with E-state index >= 15 is 0 Å². The first-order valence-electron chi connectivity index (χ1n) is 7.29. The van der Waals surface area contributed by atoms with Gasteiger partial charge in [-0.05, 0) is 38.0 Å². The van der Waals surface area contributed by atoms with Crippen molar-refractivity contribution in [1.29, 1.82) is 0 Å². The zero-order valence-electron chi connectivity index (χ0n) is 13.8. The van der Waals surface area contributed by atoms with Gasteiger partial charge in [-0.3, -0.25) is 10.1 Å².